The lowest BCUT2D eigenvalue weighted by Gasteiger charge is -2.37. The lowest BCUT2D eigenvalue weighted by atomic mass is 9.89. The van der Waals surface area contributed by atoms with Gasteiger partial charge in [-0.25, -0.2) is 4.98 Å². The van der Waals surface area contributed by atoms with E-state index in [1.165, 1.54) is 13.3 Å². The van der Waals surface area contributed by atoms with Crippen molar-refractivity contribution in [3.8, 4) is 11.5 Å². The van der Waals surface area contributed by atoms with Gasteiger partial charge in [0.15, 0.2) is 11.5 Å². The molecular weight excluding hydrogens is 338 g/mol. The predicted molar refractivity (Wildman–Crippen MR) is 92.5 cm³/mol. The molecule has 0 spiro atoms. The van der Waals surface area contributed by atoms with E-state index >= 15 is 0 Å². The number of hydrogen-bond acceptors (Lipinski definition) is 5. The van der Waals surface area contributed by atoms with Gasteiger partial charge in [-0.3, -0.25) is 9.59 Å². The number of carbonyl (C=O) groups is 2. The van der Waals surface area contributed by atoms with Gasteiger partial charge in [0, 0.05) is 13.6 Å². The number of aryl methyl sites for hydroxylation is 1. The summed E-state index contributed by atoms with van der Waals surface area (Å²) in [4.78, 5) is 30.0. The van der Waals surface area contributed by atoms with Gasteiger partial charge in [0.1, 0.15) is 5.69 Å². The lowest BCUT2D eigenvalue weighted by molar-refractivity contribution is -0.138. The van der Waals surface area contributed by atoms with E-state index < -0.39 is 12.0 Å². The van der Waals surface area contributed by atoms with Crippen molar-refractivity contribution in [1.82, 2.24) is 14.5 Å². The number of ether oxygens (including phenoxy) is 2. The van der Waals surface area contributed by atoms with Gasteiger partial charge in [0.05, 0.1) is 39.2 Å². The van der Waals surface area contributed by atoms with Gasteiger partial charge in [-0.1, -0.05) is 0 Å². The largest absolute Gasteiger partial charge is 0.493 e. The number of fused-ring (bicyclic) bond motifs is 1. The molecule has 2 heterocycles. The van der Waals surface area contributed by atoms with Crippen LogP contribution in [-0.4, -0.2) is 52.2 Å². The summed E-state index contributed by atoms with van der Waals surface area (Å²) in [6, 6.07) is 3.04. The molecule has 0 saturated carbocycles. The minimum Gasteiger partial charge on any atom is -0.493 e. The van der Waals surface area contributed by atoms with Crippen LogP contribution in [0.1, 0.15) is 34.1 Å². The highest BCUT2D eigenvalue weighted by atomic mass is 16.5. The van der Waals surface area contributed by atoms with Crippen LogP contribution >= 0.6 is 0 Å². The summed E-state index contributed by atoms with van der Waals surface area (Å²) in [6.45, 7) is 0.421. The quantitative estimate of drug-likeness (QED) is 0.872. The van der Waals surface area contributed by atoms with E-state index in [2.05, 4.69) is 4.98 Å². The molecule has 8 heteroatoms. The standard InChI is InChI=1S/C18H21N3O5/c1-20-10-19-9-14(20)18(24)21-5-4-11-6-15(25-2)16(26-3)7-12(11)13(21)8-17(22)23/h6-7,9-10,13H,4-5,8H2,1-3H3,(H,22,23). The monoisotopic (exact) mass is 359 g/mol. The first-order valence-electron chi connectivity index (χ1n) is 8.20. The smallest absolute Gasteiger partial charge is 0.305 e. The Labute approximate surface area is 151 Å². The molecule has 1 amide bonds. The van der Waals surface area contributed by atoms with Crippen LogP contribution in [0.15, 0.2) is 24.7 Å². The van der Waals surface area contributed by atoms with Crippen LogP contribution in [0.2, 0.25) is 0 Å². The maximum atomic E-state index is 13.0. The van der Waals surface area contributed by atoms with Gasteiger partial charge in [0.2, 0.25) is 0 Å². The molecule has 0 aliphatic carbocycles. The van der Waals surface area contributed by atoms with Gasteiger partial charge >= 0.3 is 5.97 Å². The molecule has 0 radical (unpaired) electrons. The van der Waals surface area contributed by atoms with E-state index in [-0.39, 0.29) is 12.3 Å². The third kappa shape index (κ3) is 3.10. The Hall–Kier alpha value is -3.03. The average Bonchev–Trinajstić information content (AvgIpc) is 3.05. The molecule has 1 aromatic heterocycles. The maximum absolute atomic E-state index is 13.0. The highest BCUT2D eigenvalue weighted by Gasteiger charge is 2.34. The summed E-state index contributed by atoms with van der Waals surface area (Å²) >= 11 is 0. The maximum Gasteiger partial charge on any atom is 0.305 e. The first-order chi connectivity index (χ1) is 12.5. The molecule has 8 nitrogen and oxygen atoms in total. The molecule has 2 aromatic rings. The minimum atomic E-state index is -0.972. The van der Waals surface area contributed by atoms with E-state index in [1.54, 1.807) is 36.0 Å². The summed E-state index contributed by atoms with van der Waals surface area (Å²) in [7, 11) is 4.82. The average molecular weight is 359 g/mol. The lowest BCUT2D eigenvalue weighted by Crippen LogP contribution is -2.41. The molecule has 1 atom stereocenters. The van der Waals surface area contributed by atoms with Crippen molar-refractivity contribution in [2.45, 2.75) is 18.9 Å². The van der Waals surface area contributed by atoms with Crippen molar-refractivity contribution in [3.05, 3.63) is 41.5 Å². The third-order valence-electron chi connectivity index (χ3n) is 4.67. The Morgan fingerprint density at radius 2 is 1.96 bits per heavy atom. The number of nitrogens with zero attached hydrogens (tertiary/aromatic N) is 3. The fraction of sp³-hybridized carbons (Fsp3) is 0.389. The molecular formula is C18H21N3O5. The normalized spacial score (nSPS) is 16.1. The summed E-state index contributed by atoms with van der Waals surface area (Å²) in [5, 5.41) is 9.39. The van der Waals surface area contributed by atoms with Crippen LogP contribution in [0, 0.1) is 0 Å². The molecule has 3 rings (SSSR count). The molecule has 1 aromatic carbocycles. The van der Waals surface area contributed by atoms with Crippen molar-refractivity contribution >= 4 is 11.9 Å². The molecule has 1 unspecified atom stereocenters. The van der Waals surface area contributed by atoms with Crippen LogP contribution in [0.25, 0.3) is 0 Å². The molecule has 1 aliphatic rings. The van der Waals surface area contributed by atoms with E-state index in [9.17, 15) is 14.7 Å². The molecule has 0 saturated heterocycles. The highest BCUT2D eigenvalue weighted by Crippen LogP contribution is 2.39. The second kappa shape index (κ2) is 7.07. The highest BCUT2D eigenvalue weighted by molar-refractivity contribution is 5.93. The first kappa shape index (κ1) is 17.8. The number of carbonyl (C=O) groups excluding carboxylic acids is 1. The van der Waals surface area contributed by atoms with Crippen molar-refractivity contribution in [3.63, 3.8) is 0 Å². The van der Waals surface area contributed by atoms with Crippen molar-refractivity contribution in [1.29, 1.82) is 0 Å². The molecule has 0 bridgehead atoms. The summed E-state index contributed by atoms with van der Waals surface area (Å²) in [5.74, 6) is -0.111. The number of amides is 1. The number of carboxylic acids is 1. The van der Waals surface area contributed by atoms with Crippen LogP contribution in [0.4, 0.5) is 0 Å². The predicted octanol–water partition coefficient (Wildman–Crippen LogP) is 1.65. The second-order valence-electron chi connectivity index (χ2n) is 6.16. The van der Waals surface area contributed by atoms with Crippen molar-refractivity contribution in [2.24, 2.45) is 7.05 Å². The molecule has 1 N–H and O–H groups in total. The number of rotatable bonds is 5. The molecule has 0 fully saturated rings. The van der Waals surface area contributed by atoms with Gasteiger partial charge in [0.25, 0.3) is 5.91 Å². The topological polar surface area (TPSA) is 93.9 Å². The Morgan fingerprint density at radius 1 is 1.27 bits per heavy atom. The Bertz CT molecular complexity index is 845. The number of methoxy groups -OCH3 is 2. The Kier molecular flexibility index (Phi) is 4.83. The van der Waals surface area contributed by atoms with Gasteiger partial charge in [-0.15, -0.1) is 0 Å². The Morgan fingerprint density at radius 3 is 2.54 bits per heavy atom. The molecule has 1 aliphatic heterocycles. The van der Waals surface area contributed by atoms with E-state index in [4.69, 9.17) is 9.47 Å². The zero-order valence-electron chi connectivity index (χ0n) is 14.9. The molecule has 26 heavy (non-hydrogen) atoms. The number of aromatic nitrogens is 2. The fourth-order valence-electron chi connectivity index (χ4n) is 3.37. The van der Waals surface area contributed by atoms with Gasteiger partial charge < -0.3 is 24.0 Å². The SMILES string of the molecule is COc1cc2c(cc1OC)C(CC(=O)O)N(C(=O)c1cncn1C)CC2. The van der Waals surface area contributed by atoms with E-state index in [1.807, 2.05) is 6.07 Å². The Balaban J connectivity index is 2.05. The van der Waals surface area contributed by atoms with E-state index in [0.29, 0.717) is 30.2 Å². The van der Waals surface area contributed by atoms with Gasteiger partial charge in [-0.05, 0) is 29.7 Å². The summed E-state index contributed by atoms with van der Waals surface area (Å²) < 4.78 is 12.3. The fourth-order valence-corrected chi connectivity index (χ4v) is 3.37. The first-order valence-corrected chi connectivity index (χ1v) is 8.20. The summed E-state index contributed by atoms with van der Waals surface area (Å²) in [5.41, 5.74) is 2.15. The second-order valence-corrected chi connectivity index (χ2v) is 6.16. The number of imidazole rings is 1. The van der Waals surface area contributed by atoms with Crippen LogP contribution in [0.3, 0.4) is 0 Å². The third-order valence-corrected chi connectivity index (χ3v) is 4.67. The zero-order chi connectivity index (χ0) is 18.8. The number of carboxylic acid groups (broad SMARTS) is 1. The van der Waals surface area contributed by atoms with Crippen molar-refractivity contribution in [2.75, 3.05) is 20.8 Å². The number of aliphatic carboxylic acids is 1. The van der Waals surface area contributed by atoms with Crippen LogP contribution in [0.5, 0.6) is 11.5 Å². The minimum absolute atomic E-state index is 0.188. The molecule has 138 valence electrons. The zero-order valence-corrected chi connectivity index (χ0v) is 14.9. The van der Waals surface area contributed by atoms with Crippen molar-refractivity contribution < 1.29 is 24.2 Å². The number of benzene rings is 1. The summed E-state index contributed by atoms with van der Waals surface area (Å²) in [6.07, 6.45) is 3.46. The van der Waals surface area contributed by atoms with Crippen LogP contribution in [-0.2, 0) is 18.3 Å². The van der Waals surface area contributed by atoms with E-state index in [0.717, 1.165) is 11.1 Å². The number of hydrogen-bond donors (Lipinski definition) is 1. The van der Waals surface area contributed by atoms with Gasteiger partial charge in [-0.2, -0.15) is 0 Å². The van der Waals surface area contributed by atoms with Crippen LogP contribution < -0.4 is 9.47 Å².